The number of carboxylic acid groups (broad SMARTS) is 1. The molecule has 0 aromatic heterocycles. The number of aliphatic hydroxyl groups is 1. The van der Waals surface area contributed by atoms with Gasteiger partial charge >= 0.3 is 5.97 Å². The highest BCUT2D eigenvalue weighted by molar-refractivity contribution is 5.88. The second kappa shape index (κ2) is 5.68. The van der Waals surface area contributed by atoms with Crippen LogP contribution in [0.25, 0.3) is 0 Å². The van der Waals surface area contributed by atoms with E-state index < -0.39 is 11.6 Å². The molecule has 116 valence electrons. The Labute approximate surface area is 126 Å². The van der Waals surface area contributed by atoms with E-state index in [4.69, 9.17) is 5.11 Å². The van der Waals surface area contributed by atoms with Crippen LogP contribution >= 0.6 is 0 Å². The maximum atomic E-state index is 10.9. The third-order valence-corrected chi connectivity index (χ3v) is 4.62. The number of benzene rings is 1. The second-order valence-corrected chi connectivity index (χ2v) is 7.08. The molecule has 0 spiro atoms. The molecule has 0 heterocycles. The van der Waals surface area contributed by atoms with Crippen molar-refractivity contribution in [2.45, 2.75) is 52.1 Å². The number of aromatic carboxylic acids is 1. The lowest BCUT2D eigenvalue weighted by molar-refractivity contribution is -0.0145. The molecule has 1 aliphatic rings. The van der Waals surface area contributed by atoms with Crippen LogP contribution in [0.2, 0.25) is 0 Å². The molecule has 1 saturated carbocycles. The standard InChI is InChI=1S/C17H25NO3/c1-12-10-13(15(19)20)4-5-14(12)18-11-17(21)8-6-16(2,3)7-9-17/h4-5,10,18,21H,6-9,11H2,1-3H3,(H,19,20). The number of carbonyl (C=O) groups is 1. The minimum absolute atomic E-state index is 0.288. The summed E-state index contributed by atoms with van der Waals surface area (Å²) in [6.07, 6.45) is 3.67. The van der Waals surface area contributed by atoms with E-state index in [-0.39, 0.29) is 5.56 Å². The molecule has 21 heavy (non-hydrogen) atoms. The van der Waals surface area contributed by atoms with Gasteiger partial charge in [0.05, 0.1) is 11.2 Å². The minimum Gasteiger partial charge on any atom is -0.478 e. The third kappa shape index (κ3) is 3.97. The van der Waals surface area contributed by atoms with Crippen LogP contribution in [-0.2, 0) is 0 Å². The van der Waals surface area contributed by atoms with Gasteiger partial charge in [-0.25, -0.2) is 4.79 Å². The Morgan fingerprint density at radius 3 is 2.38 bits per heavy atom. The smallest absolute Gasteiger partial charge is 0.335 e. The van der Waals surface area contributed by atoms with Gasteiger partial charge in [-0.3, -0.25) is 0 Å². The fourth-order valence-electron chi connectivity index (χ4n) is 2.82. The molecule has 1 aliphatic carbocycles. The Bertz CT molecular complexity index is 527. The predicted octanol–water partition coefficient (Wildman–Crippen LogP) is 3.44. The number of rotatable bonds is 4. The molecule has 1 aromatic rings. The highest BCUT2D eigenvalue weighted by Crippen LogP contribution is 2.40. The highest BCUT2D eigenvalue weighted by atomic mass is 16.4. The summed E-state index contributed by atoms with van der Waals surface area (Å²) >= 11 is 0. The van der Waals surface area contributed by atoms with Gasteiger partial charge in [0.1, 0.15) is 0 Å². The predicted molar refractivity (Wildman–Crippen MR) is 83.8 cm³/mol. The molecule has 1 fully saturated rings. The molecule has 0 radical (unpaired) electrons. The largest absolute Gasteiger partial charge is 0.478 e. The summed E-state index contributed by atoms with van der Waals surface area (Å²) < 4.78 is 0. The minimum atomic E-state index is -0.919. The SMILES string of the molecule is Cc1cc(C(=O)O)ccc1NCC1(O)CCC(C)(C)CC1. The number of nitrogens with one attached hydrogen (secondary N) is 1. The molecular formula is C17H25NO3. The lowest BCUT2D eigenvalue weighted by atomic mass is 9.71. The molecule has 1 aromatic carbocycles. The molecule has 0 unspecified atom stereocenters. The molecule has 0 amide bonds. The van der Waals surface area contributed by atoms with Crippen molar-refractivity contribution in [1.29, 1.82) is 0 Å². The van der Waals surface area contributed by atoms with Crippen LogP contribution in [0.15, 0.2) is 18.2 Å². The van der Waals surface area contributed by atoms with Crippen LogP contribution in [0, 0.1) is 12.3 Å². The van der Waals surface area contributed by atoms with Crippen LogP contribution in [0.1, 0.15) is 55.5 Å². The molecule has 3 N–H and O–H groups in total. The summed E-state index contributed by atoms with van der Waals surface area (Å²) in [6, 6.07) is 5.01. The van der Waals surface area contributed by atoms with Gasteiger partial charge in [0.2, 0.25) is 0 Å². The monoisotopic (exact) mass is 291 g/mol. The number of carboxylic acids is 1. The van der Waals surface area contributed by atoms with Gasteiger partial charge in [-0.05, 0) is 61.8 Å². The van der Waals surface area contributed by atoms with Crippen molar-refractivity contribution in [2.24, 2.45) is 5.41 Å². The summed E-state index contributed by atoms with van der Waals surface area (Å²) in [5, 5.41) is 22.9. The van der Waals surface area contributed by atoms with Crippen LogP contribution in [-0.4, -0.2) is 28.3 Å². The number of aryl methyl sites for hydroxylation is 1. The van der Waals surface area contributed by atoms with Crippen LogP contribution in [0.5, 0.6) is 0 Å². The van der Waals surface area contributed by atoms with Gasteiger partial charge in [-0.1, -0.05) is 13.8 Å². The van der Waals surface area contributed by atoms with E-state index in [0.717, 1.165) is 36.9 Å². The highest BCUT2D eigenvalue weighted by Gasteiger charge is 2.36. The molecular weight excluding hydrogens is 266 g/mol. The maximum Gasteiger partial charge on any atom is 0.335 e. The Morgan fingerprint density at radius 2 is 1.86 bits per heavy atom. The fourth-order valence-corrected chi connectivity index (χ4v) is 2.82. The second-order valence-electron chi connectivity index (χ2n) is 7.08. The molecule has 0 atom stereocenters. The Hall–Kier alpha value is -1.55. The summed E-state index contributed by atoms with van der Waals surface area (Å²) in [5.74, 6) is -0.919. The molecule has 0 bridgehead atoms. The van der Waals surface area contributed by atoms with E-state index in [9.17, 15) is 9.90 Å². The zero-order valence-electron chi connectivity index (χ0n) is 13.1. The maximum absolute atomic E-state index is 10.9. The molecule has 0 saturated heterocycles. The van der Waals surface area contributed by atoms with E-state index in [1.807, 2.05) is 6.92 Å². The van der Waals surface area contributed by atoms with Gasteiger partial charge in [-0.15, -0.1) is 0 Å². The Morgan fingerprint density at radius 1 is 1.24 bits per heavy atom. The lowest BCUT2D eigenvalue weighted by Gasteiger charge is -2.40. The normalized spacial score (nSPS) is 20.0. The van der Waals surface area contributed by atoms with Crippen LogP contribution in [0.3, 0.4) is 0 Å². The topological polar surface area (TPSA) is 69.6 Å². The van der Waals surface area contributed by atoms with Gasteiger partial charge in [0, 0.05) is 12.2 Å². The average Bonchev–Trinajstić information content (AvgIpc) is 2.41. The third-order valence-electron chi connectivity index (χ3n) is 4.62. The quantitative estimate of drug-likeness (QED) is 0.795. The number of hydrogen-bond donors (Lipinski definition) is 3. The first-order valence-corrected chi connectivity index (χ1v) is 7.51. The van der Waals surface area contributed by atoms with Crippen molar-refractivity contribution in [3.8, 4) is 0 Å². The zero-order chi connectivity index (χ0) is 15.7. The Kier molecular flexibility index (Phi) is 4.28. The van der Waals surface area contributed by atoms with E-state index >= 15 is 0 Å². The summed E-state index contributed by atoms with van der Waals surface area (Å²) in [6.45, 7) is 6.88. The zero-order valence-corrected chi connectivity index (χ0v) is 13.1. The van der Waals surface area contributed by atoms with E-state index in [2.05, 4.69) is 19.2 Å². The van der Waals surface area contributed by atoms with E-state index in [0.29, 0.717) is 12.0 Å². The summed E-state index contributed by atoms with van der Waals surface area (Å²) in [5.41, 5.74) is 1.72. The average molecular weight is 291 g/mol. The fraction of sp³-hybridized carbons (Fsp3) is 0.588. The van der Waals surface area contributed by atoms with Gasteiger partial charge in [0.25, 0.3) is 0 Å². The molecule has 4 heteroatoms. The van der Waals surface area contributed by atoms with Gasteiger partial charge < -0.3 is 15.5 Å². The number of anilines is 1. The van der Waals surface area contributed by atoms with Gasteiger partial charge in [-0.2, -0.15) is 0 Å². The summed E-state index contributed by atoms with van der Waals surface area (Å²) in [4.78, 5) is 10.9. The summed E-state index contributed by atoms with van der Waals surface area (Å²) in [7, 11) is 0. The van der Waals surface area contributed by atoms with E-state index in [1.54, 1.807) is 18.2 Å². The van der Waals surface area contributed by atoms with Crippen molar-refractivity contribution in [3.05, 3.63) is 29.3 Å². The van der Waals surface area contributed by atoms with Crippen molar-refractivity contribution in [2.75, 3.05) is 11.9 Å². The molecule has 4 nitrogen and oxygen atoms in total. The lowest BCUT2D eigenvalue weighted by Crippen LogP contribution is -2.42. The van der Waals surface area contributed by atoms with Crippen LogP contribution < -0.4 is 5.32 Å². The molecule has 2 rings (SSSR count). The van der Waals surface area contributed by atoms with Crippen LogP contribution in [0.4, 0.5) is 5.69 Å². The van der Waals surface area contributed by atoms with Crippen molar-refractivity contribution in [1.82, 2.24) is 0 Å². The van der Waals surface area contributed by atoms with Crippen molar-refractivity contribution < 1.29 is 15.0 Å². The van der Waals surface area contributed by atoms with Crippen molar-refractivity contribution in [3.63, 3.8) is 0 Å². The Balaban J connectivity index is 1.98. The number of hydrogen-bond acceptors (Lipinski definition) is 3. The van der Waals surface area contributed by atoms with Gasteiger partial charge in [0.15, 0.2) is 0 Å². The first kappa shape index (κ1) is 15.8. The first-order chi connectivity index (χ1) is 9.71. The first-order valence-electron chi connectivity index (χ1n) is 7.51. The van der Waals surface area contributed by atoms with Crippen molar-refractivity contribution >= 4 is 11.7 Å². The molecule has 0 aliphatic heterocycles. The van der Waals surface area contributed by atoms with E-state index in [1.165, 1.54) is 0 Å².